The van der Waals surface area contributed by atoms with Gasteiger partial charge >= 0.3 is 5.97 Å². The zero-order valence-electron chi connectivity index (χ0n) is 13.9. The number of benzene rings is 1. The quantitative estimate of drug-likeness (QED) is 0.901. The van der Waals surface area contributed by atoms with E-state index in [-0.39, 0.29) is 17.4 Å². The van der Waals surface area contributed by atoms with Crippen LogP contribution in [0.15, 0.2) is 35.1 Å². The average molecular weight is 328 g/mol. The van der Waals surface area contributed by atoms with E-state index in [1.54, 1.807) is 25.2 Å². The monoisotopic (exact) mass is 328 g/mol. The molecule has 0 aliphatic heterocycles. The molecule has 1 aromatic heterocycles. The van der Waals surface area contributed by atoms with E-state index in [0.29, 0.717) is 17.6 Å². The molecule has 1 aromatic carbocycles. The van der Waals surface area contributed by atoms with Crippen molar-refractivity contribution in [3.8, 4) is 0 Å². The fourth-order valence-corrected chi connectivity index (χ4v) is 3.40. The van der Waals surface area contributed by atoms with E-state index in [2.05, 4.69) is 5.32 Å². The number of carbonyl (C=O) groups excluding carboxylic acids is 1. The SMILES string of the molecule is CC(C)C1(C(=O)O)CC1C(=O)Nc1ccc2ccc(=O)n(C)c2c1. The number of aromatic nitrogens is 1. The zero-order chi connectivity index (χ0) is 17.6. The van der Waals surface area contributed by atoms with Crippen LogP contribution in [0.2, 0.25) is 0 Å². The summed E-state index contributed by atoms with van der Waals surface area (Å²) >= 11 is 0. The van der Waals surface area contributed by atoms with Crippen molar-refractivity contribution in [3.05, 3.63) is 40.7 Å². The summed E-state index contributed by atoms with van der Waals surface area (Å²) in [6.45, 7) is 3.65. The van der Waals surface area contributed by atoms with Gasteiger partial charge in [-0.25, -0.2) is 0 Å². The highest BCUT2D eigenvalue weighted by Crippen LogP contribution is 2.58. The minimum atomic E-state index is -0.964. The lowest BCUT2D eigenvalue weighted by Gasteiger charge is -2.16. The number of aryl methyl sites for hydroxylation is 1. The normalized spacial score (nSPS) is 22.6. The Morgan fingerprint density at radius 1 is 1.29 bits per heavy atom. The smallest absolute Gasteiger partial charge is 0.310 e. The molecule has 2 unspecified atom stereocenters. The van der Waals surface area contributed by atoms with Crippen LogP contribution in [0.5, 0.6) is 0 Å². The molecule has 1 heterocycles. The van der Waals surface area contributed by atoms with Crippen molar-refractivity contribution in [2.75, 3.05) is 5.32 Å². The Bertz CT molecular complexity index is 900. The summed E-state index contributed by atoms with van der Waals surface area (Å²) < 4.78 is 1.51. The van der Waals surface area contributed by atoms with Crippen LogP contribution in [0.1, 0.15) is 20.3 Å². The van der Waals surface area contributed by atoms with E-state index < -0.39 is 17.3 Å². The van der Waals surface area contributed by atoms with Crippen LogP contribution in [0.4, 0.5) is 5.69 Å². The zero-order valence-corrected chi connectivity index (χ0v) is 13.9. The summed E-state index contributed by atoms with van der Waals surface area (Å²) in [4.78, 5) is 35.7. The molecule has 126 valence electrons. The Kier molecular flexibility index (Phi) is 3.70. The highest BCUT2D eigenvalue weighted by atomic mass is 16.4. The van der Waals surface area contributed by atoms with Crippen molar-refractivity contribution in [3.63, 3.8) is 0 Å². The molecule has 0 spiro atoms. The van der Waals surface area contributed by atoms with Crippen LogP contribution in [0.25, 0.3) is 10.9 Å². The Hall–Kier alpha value is -2.63. The Morgan fingerprint density at radius 2 is 1.96 bits per heavy atom. The maximum atomic E-state index is 12.4. The number of nitrogens with one attached hydrogen (secondary N) is 1. The lowest BCUT2D eigenvalue weighted by molar-refractivity contribution is -0.147. The molecule has 6 nitrogen and oxygen atoms in total. The summed E-state index contributed by atoms with van der Waals surface area (Å²) in [7, 11) is 1.67. The molecule has 1 aliphatic carbocycles. The molecule has 1 amide bonds. The van der Waals surface area contributed by atoms with Gasteiger partial charge in [0.2, 0.25) is 5.91 Å². The van der Waals surface area contributed by atoms with Gasteiger partial charge in [0.25, 0.3) is 5.56 Å². The summed E-state index contributed by atoms with van der Waals surface area (Å²) in [6, 6.07) is 8.54. The molecule has 2 aromatic rings. The third-order valence-electron chi connectivity index (χ3n) is 5.14. The van der Waals surface area contributed by atoms with Crippen LogP contribution < -0.4 is 10.9 Å². The van der Waals surface area contributed by atoms with Crippen LogP contribution in [-0.4, -0.2) is 21.6 Å². The number of amides is 1. The van der Waals surface area contributed by atoms with Crippen LogP contribution in [-0.2, 0) is 16.6 Å². The number of aliphatic carboxylic acids is 1. The number of carboxylic acids is 1. The van der Waals surface area contributed by atoms with Crippen molar-refractivity contribution >= 4 is 28.5 Å². The Labute approximate surface area is 139 Å². The second kappa shape index (κ2) is 5.47. The topological polar surface area (TPSA) is 88.4 Å². The second-order valence-corrected chi connectivity index (χ2v) is 6.75. The van der Waals surface area contributed by atoms with Gasteiger partial charge < -0.3 is 15.0 Å². The average Bonchev–Trinajstić information content (AvgIpc) is 3.29. The summed E-state index contributed by atoms with van der Waals surface area (Å²) in [5, 5.41) is 13.1. The van der Waals surface area contributed by atoms with Gasteiger partial charge in [-0.1, -0.05) is 19.9 Å². The highest BCUT2D eigenvalue weighted by molar-refractivity contribution is 6.01. The number of carbonyl (C=O) groups is 2. The molecule has 1 saturated carbocycles. The van der Waals surface area contributed by atoms with Crippen LogP contribution >= 0.6 is 0 Å². The van der Waals surface area contributed by atoms with Crippen molar-refractivity contribution in [1.29, 1.82) is 0 Å². The Morgan fingerprint density at radius 3 is 2.54 bits per heavy atom. The first-order valence-electron chi connectivity index (χ1n) is 7.91. The van der Waals surface area contributed by atoms with Crippen LogP contribution in [0, 0.1) is 17.3 Å². The van der Waals surface area contributed by atoms with Gasteiger partial charge in [-0.2, -0.15) is 0 Å². The number of anilines is 1. The van der Waals surface area contributed by atoms with E-state index in [0.717, 1.165) is 5.39 Å². The highest BCUT2D eigenvalue weighted by Gasteiger charge is 2.65. The molecule has 6 heteroatoms. The number of carboxylic acid groups (broad SMARTS) is 1. The molecular formula is C18H20N2O4. The maximum absolute atomic E-state index is 12.4. The van der Waals surface area contributed by atoms with Crippen molar-refractivity contribution in [1.82, 2.24) is 4.57 Å². The molecule has 1 fully saturated rings. The van der Waals surface area contributed by atoms with Gasteiger partial charge in [-0.05, 0) is 35.9 Å². The first-order chi connectivity index (χ1) is 11.3. The Balaban J connectivity index is 1.86. The largest absolute Gasteiger partial charge is 0.481 e. The third-order valence-corrected chi connectivity index (χ3v) is 5.14. The number of nitrogens with zero attached hydrogens (tertiary/aromatic N) is 1. The predicted octanol–water partition coefficient (Wildman–Crippen LogP) is 2.22. The predicted molar refractivity (Wildman–Crippen MR) is 90.8 cm³/mol. The fourth-order valence-electron chi connectivity index (χ4n) is 3.40. The number of hydrogen-bond acceptors (Lipinski definition) is 3. The molecule has 24 heavy (non-hydrogen) atoms. The van der Waals surface area contributed by atoms with Crippen molar-refractivity contribution < 1.29 is 14.7 Å². The molecule has 0 saturated heterocycles. The molecular weight excluding hydrogens is 308 g/mol. The number of pyridine rings is 1. The number of fused-ring (bicyclic) bond motifs is 1. The molecule has 1 aliphatic rings. The standard InChI is InChI=1S/C18H20N2O4/c1-10(2)18(17(23)24)9-13(18)16(22)19-12-6-4-11-5-7-15(21)20(3)14(11)8-12/h4-8,10,13H,9H2,1-3H3,(H,19,22)(H,23,24). The van der Waals surface area contributed by atoms with Gasteiger partial charge in [0.1, 0.15) is 0 Å². The molecule has 2 N–H and O–H groups in total. The lowest BCUT2D eigenvalue weighted by Crippen LogP contribution is -2.28. The van der Waals surface area contributed by atoms with Crippen molar-refractivity contribution in [2.24, 2.45) is 24.3 Å². The van der Waals surface area contributed by atoms with E-state index in [4.69, 9.17) is 0 Å². The lowest BCUT2D eigenvalue weighted by atomic mass is 9.89. The second-order valence-electron chi connectivity index (χ2n) is 6.75. The van der Waals surface area contributed by atoms with Gasteiger partial charge in [-0.3, -0.25) is 14.4 Å². The van der Waals surface area contributed by atoms with Crippen LogP contribution in [0.3, 0.4) is 0 Å². The fraction of sp³-hybridized carbons (Fsp3) is 0.389. The minimum absolute atomic E-state index is 0.108. The summed E-state index contributed by atoms with van der Waals surface area (Å²) in [6.07, 6.45) is 0.359. The van der Waals surface area contributed by atoms with E-state index in [9.17, 15) is 19.5 Å². The number of hydrogen-bond donors (Lipinski definition) is 2. The summed E-state index contributed by atoms with van der Waals surface area (Å²) in [5.41, 5.74) is 0.180. The minimum Gasteiger partial charge on any atom is -0.481 e. The van der Waals surface area contributed by atoms with E-state index in [1.807, 2.05) is 19.9 Å². The first kappa shape index (κ1) is 16.2. The van der Waals surface area contributed by atoms with E-state index >= 15 is 0 Å². The van der Waals surface area contributed by atoms with Gasteiger partial charge in [0, 0.05) is 18.8 Å². The van der Waals surface area contributed by atoms with E-state index in [1.165, 1.54) is 10.6 Å². The first-order valence-corrected chi connectivity index (χ1v) is 7.91. The summed E-state index contributed by atoms with van der Waals surface area (Å²) in [5.74, 6) is -1.83. The maximum Gasteiger partial charge on any atom is 0.310 e. The molecule has 3 rings (SSSR count). The van der Waals surface area contributed by atoms with Gasteiger partial charge in [-0.15, -0.1) is 0 Å². The van der Waals surface area contributed by atoms with Crippen molar-refractivity contribution in [2.45, 2.75) is 20.3 Å². The van der Waals surface area contributed by atoms with Gasteiger partial charge in [0.15, 0.2) is 0 Å². The third kappa shape index (κ3) is 2.38. The molecule has 0 radical (unpaired) electrons. The van der Waals surface area contributed by atoms with Gasteiger partial charge in [0.05, 0.1) is 16.8 Å². The molecule has 2 atom stereocenters. The number of rotatable bonds is 4. The molecule has 0 bridgehead atoms.